The number of carbonyl (C=O) groups excluding carboxylic acids is 1. The lowest BCUT2D eigenvalue weighted by atomic mass is 10.1. The van der Waals surface area contributed by atoms with Gasteiger partial charge in [-0.3, -0.25) is 4.79 Å². The molecule has 1 atom stereocenters. The zero-order chi connectivity index (χ0) is 14.8. The molecule has 108 valence electrons. The fourth-order valence-electron chi connectivity index (χ4n) is 2.44. The Morgan fingerprint density at radius 3 is 2.86 bits per heavy atom. The molecule has 1 aliphatic rings. The molecule has 1 unspecified atom stereocenters. The normalized spacial score (nSPS) is 17.6. The molecule has 0 spiro atoms. The lowest BCUT2D eigenvalue weighted by Crippen LogP contribution is -2.33. The zero-order valence-electron chi connectivity index (χ0n) is 11.2. The second kappa shape index (κ2) is 5.85. The summed E-state index contributed by atoms with van der Waals surface area (Å²) in [6.45, 7) is 0. The maximum atomic E-state index is 13.5. The van der Waals surface area contributed by atoms with E-state index in [1.165, 1.54) is 6.07 Å². The molecule has 0 saturated heterocycles. The van der Waals surface area contributed by atoms with Crippen LogP contribution in [0.1, 0.15) is 12.0 Å². The summed E-state index contributed by atoms with van der Waals surface area (Å²) in [6, 6.07) is 12.2. The maximum Gasteiger partial charge on any atom is 0.246 e. The summed E-state index contributed by atoms with van der Waals surface area (Å²) < 4.78 is 13.9. The molecule has 2 aromatic rings. The number of amides is 1. The highest BCUT2D eigenvalue weighted by Gasteiger charge is 2.23. The van der Waals surface area contributed by atoms with Crippen LogP contribution in [-0.2, 0) is 11.2 Å². The summed E-state index contributed by atoms with van der Waals surface area (Å²) in [5.74, 6) is -0.444. The van der Waals surface area contributed by atoms with Crippen molar-refractivity contribution in [1.29, 1.82) is 0 Å². The van der Waals surface area contributed by atoms with E-state index in [-0.39, 0.29) is 17.8 Å². The predicted octanol–water partition coefficient (Wildman–Crippen LogP) is 3.95. The Morgan fingerprint density at radius 1 is 1.24 bits per heavy atom. The molecule has 1 aliphatic heterocycles. The largest absolute Gasteiger partial charge is 0.374 e. The predicted molar refractivity (Wildman–Crippen MR) is 84.9 cm³/mol. The van der Waals surface area contributed by atoms with Gasteiger partial charge in [0, 0.05) is 11.4 Å². The van der Waals surface area contributed by atoms with Gasteiger partial charge in [0.05, 0.1) is 4.47 Å². The smallest absolute Gasteiger partial charge is 0.246 e. The zero-order valence-corrected chi connectivity index (χ0v) is 12.8. The Bertz CT molecular complexity index is 690. The Kier molecular flexibility index (Phi) is 3.92. The van der Waals surface area contributed by atoms with Crippen molar-refractivity contribution in [1.82, 2.24) is 0 Å². The van der Waals surface area contributed by atoms with Gasteiger partial charge in [-0.2, -0.15) is 0 Å². The maximum absolute atomic E-state index is 13.5. The van der Waals surface area contributed by atoms with E-state index >= 15 is 0 Å². The monoisotopic (exact) mass is 348 g/mol. The van der Waals surface area contributed by atoms with Crippen molar-refractivity contribution in [3.05, 3.63) is 58.3 Å². The molecule has 5 heteroatoms. The van der Waals surface area contributed by atoms with E-state index in [0.717, 1.165) is 17.7 Å². The third kappa shape index (κ3) is 3.08. The van der Waals surface area contributed by atoms with Crippen LogP contribution in [0, 0.1) is 5.82 Å². The van der Waals surface area contributed by atoms with Gasteiger partial charge >= 0.3 is 0 Å². The molecule has 3 rings (SSSR count). The average molecular weight is 349 g/mol. The van der Waals surface area contributed by atoms with Crippen LogP contribution in [0.3, 0.4) is 0 Å². The Hall–Kier alpha value is -1.88. The fraction of sp³-hybridized carbons (Fsp3) is 0.188. The van der Waals surface area contributed by atoms with Gasteiger partial charge in [-0.1, -0.05) is 18.2 Å². The molecule has 1 amide bonds. The SMILES string of the molecule is O=C1Nc2ccccc2CCC1Nc1ccc(Br)c(F)c1. The number of halogens is 2. The quantitative estimate of drug-likeness (QED) is 0.862. The number of aryl methyl sites for hydroxylation is 1. The van der Waals surface area contributed by atoms with Crippen molar-refractivity contribution in [2.75, 3.05) is 10.6 Å². The lowest BCUT2D eigenvalue weighted by molar-refractivity contribution is -0.116. The number of carbonyl (C=O) groups is 1. The lowest BCUT2D eigenvalue weighted by Gasteiger charge is -2.16. The van der Waals surface area contributed by atoms with Crippen LogP contribution in [0.15, 0.2) is 46.9 Å². The molecular weight excluding hydrogens is 335 g/mol. The van der Waals surface area contributed by atoms with Crippen molar-refractivity contribution in [2.24, 2.45) is 0 Å². The number of nitrogens with one attached hydrogen (secondary N) is 2. The second-order valence-corrected chi connectivity index (χ2v) is 5.87. The van der Waals surface area contributed by atoms with E-state index in [0.29, 0.717) is 16.6 Å². The highest BCUT2D eigenvalue weighted by Crippen LogP contribution is 2.24. The number of hydrogen-bond donors (Lipinski definition) is 2. The van der Waals surface area contributed by atoms with Crippen molar-refractivity contribution in [2.45, 2.75) is 18.9 Å². The standard InChI is InChI=1S/C16H14BrFN2O/c17-12-7-6-11(9-13(12)18)19-15-8-5-10-3-1-2-4-14(10)20-16(15)21/h1-4,6-7,9,15,19H,5,8H2,(H,20,21). The van der Waals surface area contributed by atoms with Crippen LogP contribution in [0.5, 0.6) is 0 Å². The van der Waals surface area contributed by atoms with Crippen LogP contribution in [0.25, 0.3) is 0 Å². The number of anilines is 2. The first-order valence-corrected chi connectivity index (χ1v) is 7.53. The van der Waals surface area contributed by atoms with E-state index in [2.05, 4.69) is 26.6 Å². The van der Waals surface area contributed by atoms with Gasteiger partial charge < -0.3 is 10.6 Å². The average Bonchev–Trinajstić information content (AvgIpc) is 2.63. The molecule has 0 aromatic heterocycles. The number of hydrogen-bond acceptors (Lipinski definition) is 2. The number of benzene rings is 2. The summed E-state index contributed by atoms with van der Waals surface area (Å²) in [5, 5.41) is 6.01. The van der Waals surface area contributed by atoms with Crippen LogP contribution in [-0.4, -0.2) is 11.9 Å². The molecular formula is C16H14BrFN2O. The first-order chi connectivity index (χ1) is 10.1. The summed E-state index contributed by atoms with van der Waals surface area (Å²) in [5.41, 5.74) is 2.58. The highest BCUT2D eigenvalue weighted by molar-refractivity contribution is 9.10. The minimum absolute atomic E-state index is 0.0942. The molecule has 21 heavy (non-hydrogen) atoms. The van der Waals surface area contributed by atoms with E-state index in [1.54, 1.807) is 12.1 Å². The van der Waals surface area contributed by atoms with Gasteiger partial charge in [-0.15, -0.1) is 0 Å². The topological polar surface area (TPSA) is 41.1 Å². The van der Waals surface area contributed by atoms with Gasteiger partial charge in [0.2, 0.25) is 5.91 Å². The summed E-state index contributed by atoms with van der Waals surface area (Å²) in [7, 11) is 0. The Balaban J connectivity index is 1.78. The van der Waals surface area contributed by atoms with Crippen LogP contribution in [0.2, 0.25) is 0 Å². The van der Waals surface area contributed by atoms with E-state index in [4.69, 9.17) is 0 Å². The van der Waals surface area contributed by atoms with E-state index in [1.807, 2.05) is 24.3 Å². The summed E-state index contributed by atoms with van der Waals surface area (Å²) in [4.78, 5) is 12.3. The van der Waals surface area contributed by atoms with Gasteiger partial charge in [0.1, 0.15) is 11.9 Å². The van der Waals surface area contributed by atoms with Crippen molar-refractivity contribution >= 4 is 33.2 Å². The first-order valence-electron chi connectivity index (χ1n) is 6.74. The van der Waals surface area contributed by atoms with Crippen LogP contribution in [0.4, 0.5) is 15.8 Å². The Morgan fingerprint density at radius 2 is 2.05 bits per heavy atom. The minimum Gasteiger partial charge on any atom is -0.374 e. The van der Waals surface area contributed by atoms with Crippen molar-refractivity contribution in [3.63, 3.8) is 0 Å². The van der Waals surface area contributed by atoms with E-state index in [9.17, 15) is 9.18 Å². The molecule has 0 radical (unpaired) electrons. The van der Waals surface area contributed by atoms with Gasteiger partial charge in [-0.05, 0) is 58.6 Å². The third-order valence-electron chi connectivity index (χ3n) is 3.55. The summed E-state index contributed by atoms with van der Waals surface area (Å²) in [6.07, 6.45) is 1.46. The number of fused-ring (bicyclic) bond motifs is 1. The van der Waals surface area contributed by atoms with Gasteiger partial charge in [0.15, 0.2) is 0 Å². The number of para-hydroxylation sites is 1. The molecule has 2 aromatic carbocycles. The van der Waals surface area contributed by atoms with Gasteiger partial charge in [-0.25, -0.2) is 4.39 Å². The fourth-order valence-corrected chi connectivity index (χ4v) is 2.68. The third-order valence-corrected chi connectivity index (χ3v) is 4.20. The Labute approximate surface area is 130 Å². The second-order valence-electron chi connectivity index (χ2n) is 5.01. The van der Waals surface area contributed by atoms with Crippen molar-refractivity contribution in [3.8, 4) is 0 Å². The molecule has 0 saturated carbocycles. The highest BCUT2D eigenvalue weighted by atomic mass is 79.9. The minimum atomic E-state index is -0.377. The molecule has 2 N–H and O–H groups in total. The molecule has 0 aliphatic carbocycles. The van der Waals surface area contributed by atoms with E-state index < -0.39 is 0 Å². The first kappa shape index (κ1) is 14.1. The van der Waals surface area contributed by atoms with Crippen molar-refractivity contribution < 1.29 is 9.18 Å². The summed E-state index contributed by atoms with van der Waals surface area (Å²) >= 11 is 3.12. The molecule has 0 fully saturated rings. The molecule has 1 heterocycles. The van der Waals surface area contributed by atoms with Crippen LogP contribution < -0.4 is 10.6 Å². The van der Waals surface area contributed by atoms with Crippen LogP contribution >= 0.6 is 15.9 Å². The number of rotatable bonds is 2. The molecule has 0 bridgehead atoms. The molecule has 3 nitrogen and oxygen atoms in total. The van der Waals surface area contributed by atoms with Gasteiger partial charge in [0.25, 0.3) is 0 Å².